The van der Waals surface area contributed by atoms with Crippen LogP contribution in [0.3, 0.4) is 0 Å². The van der Waals surface area contributed by atoms with Gasteiger partial charge in [0.2, 0.25) is 0 Å². The van der Waals surface area contributed by atoms with E-state index in [0.29, 0.717) is 11.3 Å². The summed E-state index contributed by atoms with van der Waals surface area (Å²) in [5, 5.41) is 0. The number of hydrogen-bond donors (Lipinski definition) is 0. The Labute approximate surface area is 170 Å². The number of carbonyl (C=O) groups is 2. The van der Waals surface area contributed by atoms with Crippen molar-refractivity contribution in [3.8, 4) is 11.5 Å². The molecule has 0 spiro atoms. The van der Waals surface area contributed by atoms with Gasteiger partial charge in [-0.2, -0.15) is 0 Å². The van der Waals surface area contributed by atoms with Gasteiger partial charge in [-0.15, -0.1) is 0 Å². The fraction of sp³-hybridized carbons (Fsp3) is 0.304. The van der Waals surface area contributed by atoms with E-state index in [4.69, 9.17) is 18.9 Å². The summed E-state index contributed by atoms with van der Waals surface area (Å²) in [5.74, 6) is -1.29. The van der Waals surface area contributed by atoms with Crippen LogP contribution in [-0.4, -0.2) is 24.8 Å². The molecule has 0 unspecified atom stereocenters. The van der Waals surface area contributed by atoms with Crippen LogP contribution in [0.4, 0.5) is 0 Å². The summed E-state index contributed by atoms with van der Waals surface area (Å²) in [6.45, 7) is 7.31. The molecule has 0 N–H and O–H groups in total. The minimum absolute atomic E-state index is 0.157. The smallest absolute Gasteiger partial charge is 0.348 e. The highest BCUT2D eigenvalue weighted by Crippen LogP contribution is 2.27. The molecule has 29 heavy (non-hydrogen) atoms. The molecule has 1 saturated heterocycles. The maximum Gasteiger partial charge on any atom is 0.348 e. The predicted octanol–water partition coefficient (Wildman–Crippen LogP) is 4.11. The van der Waals surface area contributed by atoms with Gasteiger partial charge >= 0.3 is 11.9 Å². The van der Waals surface area contributed by atoms with E-state index in [2.05, 4.69) is 6.07 Å². The monoisotopic (exact) mass is 396 g/mol. The second kappa shape index (κ2) is 7.99. The number of methoxy groups -OCH3 is 1. The number of benzene rings is 2. The summed E-state index contributed by atoms with van der Waals surface area (Å²) in [5.41, 5.74) is 3.48. The van der Waals surface area contributed by atoms with Crippen molar-refractivity contribution in [2.45, 2.75) is 40.1 Å². The van der Waals surface area contributed by atoms with Gasteiger partial charge in [-0.1, -0.05) is 12.1 Å². The molecule has 1 fully saturated rings. The quantitative estimate of drug-likeness (QED) is 0.430. The number of ether oxygens (including phenoxy) is 4. The predicted molar refractivity (Wildman–Crippen MR) is 107 cm³/mol. The summed E-state index contributed by atoms with van der Waals surface area (Å²) in [7, 11) is 1.58. The van der Waals surface area contributed by atoms with E-state index in [0.717, 1.165) is 22.4 Å². The van der Waals surface area contributed by atoms with Crippen molar-refractivity contribution in [1.29, 1.82) is 0 Å². The Morgan fingerprint density at radius 2 is 1.59 bits per heavy atom. The molecule has 2 aromatic rings. The van der Waals surface area contributed by atoms with Crippen LogP contribution >= 0.6 is 0 Å². The van der Waals surface area contributed by atoms with Crippen molar-refractivity contribution >= 4 is 18.0 Å². The summed E-state index contributed by atoms with van der Waals surface area (Å²) >= 11 is 0. The molecular weight excluding hydrogens is 372 g/mol. The normalized spacial score (nSPS) is 15.4. The average molecular weight is 396 g/mol. The lowest BCUT2D eigenvalue weighted by molar-refractivity contribution is -0.222. The number of cyclic esters (lactones) is 2. The molecule has 6 nitrogen and oxygen atoms in total. The maximum absolute atomic E-state index is 12.2. The number of hydrogen-bond acceptors (Lipinski definition) is 6. The van der Waals surface area contributed by atoms with Crippen LogP contribution in [0.25, 0.3) is 6.08 Å². The van der Waals surface area contributed by atoms with E-state index in [9.17, 15) is 9.59 Å². The summed E-state index contributed by atoms with van der Waals surface area (Å²) in [6.07, 6.45) is 1.44. The Kier molecular flexibility index (Phi) is 5.64. The molecule has 2 aromatic carbocycles. The van der Waals surface area contributed by atoms with Crippen molar-refractivity contribution in [2.75, 3.05) is 7.11 Å². The Hall–Kier alpha value is -3.28. The van der Waals surface area contributed by atoms with Gasteiger partial charge in [0.25, 0.3) is 5.79 Å². The molecule has 1 aliphatic rings. The average Bonchev–Trinajstić information content (AvgIpc) is 2.61. The van der Waals surface area contributed by atoms with Crippen LogP contribution < -0.4 is 9.47 Å². The molecule has 0 saturated carbocycles. The molecule has 152 valence electrons. The van der Waals surface area contributed by atoms with E-state index in [1.807, 2.05) is 26.0 Å². The van der Waals surface area contributed by atoms with Crippen molar-refractivity contribution in [2.24, 2.45) is 0 Å². The Bertz CT molecular complexity index is 945. The highest BCUT2D eigenvalue weighted by atomic mass is 16.7. The van der Waals surface area contributed by atoms with Gasteiger partial charge in [0.1, 0.15) is 23.7 Å². The topological polar surface area (TPSA) is 71.1 Å². The van der Waals surface area contributed by atoms with Crippen molar-refractivity contribution < 1.29 is 28.5 Å². The summed E-state index contributed by atoms with van der Waals surface area (Å²) in [6, 6.07) is 11.3. The summed E-state index contributed by atoms with van der Waals surface area (Å²) in [4.78, 5) is 24.3. The van der Waals surface area contributed by atoms with Gasteiger partial charge in [0, 0.05) is 19.4 Å². The van der Waals surface area contributed by atoms with Gasteiger partial charge in [0.15, 0.2) is 0 Å². The molecule has 0 bridgehead atoms. The van der Waals surface area contributed by atoms with E-state index in [1.54, 1.807) is 25.3 Å². The van der Waals surface area contributed by atoms with Gasteiger partial charge in [-0.3, -0.25) is 0 Å². The Balaban J connectivity index is 1.85. The number of aryl methyl sites for hydroxylation is 2. The first-order valence-corrected chi connectivity index (χ1v) is 9.23. The lowest BCUT2D eigenvalue weighted by Gasteiger charge is -2.29. The first-order chi connectivity index (χ1) is 13.7. The van der Waals surface area contributed by atoms with Crippen LogP contribution in [0.5, 0.6) is 11.5 Å². The second-order valence-corrected chi connectivity index (χ2v) is 7.42. The van der Waals surface area contributed by atoms with Crippen LogP contribution in [0, 0.1) is 13.8 Å². The van der Waals surface area contributed by atoms with E-state index in [-0.39, 0.29) is 12.2 Å². The van der Waals surface area contributed by atoms with Crippen molar-refractivity contribution in [1.82, 2.24) is 0 Å². The first-order valence-electron chi connectivity index (χ1n) is 9.23. The lowest BCUT2D eigenvalue weighted by Crippen LogP contribution is -2.41. The maximum atomic E-state index is 12.2. The third-order valence-corrected chi connectivity index (χ3v) is 4.32. The summed E-state index contributed by atoms with van der Waals surface area (Å²) < 4.78 is 21.6. The molecule has 1 heterocycles. The third kappa shape index (κ3) is 4.96. The molecule has 1 aliphatic heterocycles. The fourth-order valence-corrected chi connectivity index (χ4v) is 3.12. The molecule has 0 aromatic heterocycles. The molecular formula is C23H24O6. The zero-order valence-corrected chi connectivity index (χ0v) is 17.2. The standard InChI is InChI=1S/C23H24O6/c1-14-8-15(2)10-18(9-14)27-13-17-11-16(6-7-20(17)26-5)12-19-21(24)28-23(3,4)29-22(19)25/h6-12H,13H2,1-5H3. The Morgan fingerprint density at radius 3 is 2.17 bits per heavy atom. The van der Waals surface area contributed by atoms with E-state index in [1.165, 1.54) is 19.9 Å². The van der Waals surface area contributed by atoms with Crippen molar-refractivity contribution in [3.05, 3.63) is 64.2 Å². The highest BCUT2D eigenvalue weighted by molar-refractivity contribution is 6.18. The number of rotatable bonds is 5. The van der Waals surface area contributed by atoms with Crippen LogP contribution in [0.1, 0.15) is 36.1 Å². The zero-order valence-electron chi connectivity index (χ0n) is 17.2. The Morgan fingerprint density at radius 1 is 0.966 bits per heavy atom. The van der Waals surface area contributed by atoms with Crippen LogP contribution in [0.2, 0.25) is 0 Å². The van der Waals surface area contributed by atoms with Crippen LogP contribution in [0.15, 0.2) is 42.0 Å². The van der Waals surface area contributed by atoms with E-state index >= 15 is 0 Å². The molecule has 0 atom stereocenters. The molecule has 0 aliphatic carbocycles. The molecule has 0 radical (unpaired) electrons. The molecule has 6 heteroatoms. The lowest BCUT2D eigenvalue weighted by atomic mass is 10.1. The van der Waals surface area contributed by atoms with Crippen molar-refractivity contribution in [3.63, 3.8) is 0 Å². The zero-order chi connectivity index (χ0) is 21.2. The highest BCUT2D eigenvalue weighted by Gasteiger charge is 2.38. The van der Waals surface area contributed by atoms with Crippen LogP contribution in [-0.2, 0) is 25.7 Å². The minimum Gasteiger partial charge on any atom is -0.496 e. The second-order valence-electron chi connectivity index (χ2n) is 7.42. The van der Waals surface area contributed by atoms with E-state index < -0.39 is 17.7 Å². The first kappa shape index (κ1) is 20.5. The minimum atomic E-state index is -1.27. The largest absolute Gasteiger partial charge is 0.496 e. The van der Waals surface area contributed by atoms with Gasteiger partial charge < -0.3 is 18.9 Å². The van der Waals surface area contributed by atoms with Gasteiger partial charge in [-0.05, 0) is 60.9 Å². The number of carbonyl (C=O) groups excluding carboxylic acids is 2. The fourth-order valence-electron chi connectivity index (χ4n) is 3.12. The molecule has 0 amide bonds. The molecule has 3 rings (SSSR count). The third-order valence-electron chi connectivity index (χ3n) is 4.32. The SMILES string of the molecule is COc1ccc(C=C2C(=O)OC(C)(C)OC2=O)cc1COc1cc(C)cc(C)c1. The number of esters is 2. The van der Waals surface area contributed by atoms with Gasteiger partial charge in [0.05, 0.1) is 7.11 Å². The van der Waals surface area contributed by atoms with Gasteiger partial charge in [-0.25, -0.2) is 9.59 Å².